The number of imide groups is 1. The van der Waals surface area contributed by atoms with E-state index in [0.29, 0.717) is 12.8 Å². The molecule has 1 saturated carbocycles. The van der Waals surface area contributed by atoms with Crippen molar-refractivity contribution < 1.29 is 14.4 Å². The lowest BCUT2D eigenvalue weighted by atomic mass is 9.81. The molecule has 1 aliphatic carbocycles. The third kappa shape index (κ3) is 3.17. The maximum absolute atomic E-state index is 12.9. The Hall–Kier alpha value is -1.89. The average Bonchev–Trinajstić information content (AvgIpc) is 3.21. The Kier molecular flexibility index (Phi) is 5.13. The summed E-state index contributed by atoms with van der Waals surface area (Å²) < 4.78 is 0. The second kappa shape index (κ2) is 7.15. The van der Waals surface area contributed by atoms with Crippen molar-refractivity contribution in [2.45, 2.75) is 57.0 Å². The molecule has 2 fully saturated rings. The molecule has 6 nitrogen and oxygen atoms in total. The molecule has 7 heteroatoms. The maximum atomic E-state index is 12.9. The summed E-state index contributed by atoms with van der Waals surface area (Å²) >= 11 is 1.59. The van der Waals surface area contributed by atoms with Gasteiger partial charge in [-0.2, -0.15) is 0 Å². The van der Waals surface area contributed by atoms with Gasteiger partial charge in [-0.15, -0.1) is 11.3 Å². The molecule has 0 radical (unpaired) electrons. The molecule has 1 aliphatic heterocycles. The SMILES string of the molecule is CCC(NC(=O)CN1C(=O)N(C)C2(CCCCC2)C1=O)c1cccs1. The summed E-state index contributed by atoms with van der Waals surface area (Å²) in [5.41, 5.74) is -0.729. The Balaban J connectivity index is 1.68. The van der Waals surface area contributed by atoms with E-state index in [-0.39, 0.29) is 30.4 Å². The standard InChI is InChI=1S/C18H25N3O3S/c1-3-13(14-8-7-11-25-14)19-15(22)12-21-16(23)18(20(2)17(21)24)9-5-4-6-10-18/h7-8,11,13H,3-6,9-10,12H2,1-2H3,(H,19,22). The Morgan fingerprint density at radius 2 is 2.04 bits per heavy atom. The van der Waals surface area contributed by atoms with Crippen LogP contribution in [0.15, 0.2) is 17.5 Å². The second-order valence-electron chi connectivity index (χ2n) is 6.87. The monoisotopic (exact) mass is 363 g/mol. The fourth-order valence-electron chi connectivity index (χ4n) is 3.92. The minimum Gasteiger partial charge on any atom is -0.347 e. The number of hydrogen-bond acceptors (Lipinski definition) is 4. The van der Waals surface area contributed by atoms with E-state index in [1.807, 2.05) is 24.4 Å². The van der Waals surface area contributed by atoms with E-state index < -0.39 is 5.54 Å². The highest BCUT2D eigenvalue weighted by atomic mass is 32.1. The summed E-state index contributed by atoms with van der Waals surface area (Å²) in [5.74, 6) is -0.498. The zero-order valence-electron chi connectivity index (χ0n) is 14.8. The fourth-order valence-corrected chi connectivity index (χ4v) is 4.78. The molecule has 4 amide bonds. The molecule has 1 N–H and O–H groups in total. The number of carbonyl (C=O) groups excluding carboxylic acids is 3. The van der Waals surface area contributed by atoms with Gasteiger partial charge in [-0.3, -0.25) is 14.5 Å². The van der Waals surface area contributed by atoms with Gasteiger partial charge in [-0.05, 0) is 30.7 Å². The van der Waals surface area contributed by atoms with E-state index in [1.54, 1.807) is 23.3 Å². The molecule has 0 aromatic carbocycles. The molecule has 25 heavy (non-hydrogen) atoms. The minimum atomic E-state index is -0.729. The number of urea groups is 1. The molecule has 0 bridgehead atoms. The van der Waals surface area contributed by atoms with Crippen LogP contribution in [0, 0.1) is 0 Å². The highest BCUT2D eigenvalue weighted by molar-refractivity contribution is 7.10. The smallest absolute Gasteiger partial charge is 0.327 e. The first-order chi connectivity index (χ1) is 12.0. The molecule has 1 aromatic rings. The van der Waals surface area contributed by atoms with Gasteiger partial charge in [0, 0.05) is 11.9 Å². The van der Waals surface area contributed by atoms with E-state index in [4.69, 9.17) is 0 Å². The predicted octanol–water partition coefficient (Wildman–Crippen LogP) is 2.91. The third-order valence-electron chi connectivity index (χ3n) is 5.42. The number of nitrogens with zero attached hydrogens (tertiary/aromatic N) is 2. The maximum Gasteiger partial charge on any atom is 0.327 e. The van der Waals surface area contributed by atoms with Crippen LogP contribution < -0.4 is 5.32 Å². The van der Waals surface area contributed by atoms with Gasteiger partial charge < -0.3 is 10.2 Å². The number of likely N-dealkylation sites (N-methyl/N-ethyl adjacent to an activating group) is 1. The predicted molar refractivity (Wildman–Crippen MR) is 96.2 cm³/mol. The molecule has 1 spiro atoms. The Bertz CT molecular complexity index is 653. The number of thiophene rings is 1. The number of hydrogen-bond donors (Lipinski definition) is 1. The first kappa shape index (κ1) is 17.9. The van der Waals surface area contributed by atoms with Crippen LogP contribution in [0.3, 0.4) is 0 Å². The van der Waals surface area contributed by atoms with Crippen LogP contribution in [-0.4, -0.2) is 46.8 Å². The van der Waals surface area contributed by atoms with Crippen molar-refractivity contribution in [3.05, 3.63) is 22.4 Å². The van der Waals surface area contributed by atoms with E-state index in [1.165, 1.54) is 0 Å². The van der Waals surface area contributed by atoms with Gasteiger partial charge in [-0.25, -0.2) is 4.79 Å². The Morgan fingerprint density at radius 3 is 2.64 bits per heavy atom. The highest BCUT2D eigenvalue weighted by Gasteiger charge is 2.55. The summed E-state index contributed by atoms with van der Waals surface area (Å²) in [6, 6.07) is 3.49. The van der Waals surface area contributed by atoms with Crippen molar-refractivity contribution in [1.29, 1.82) is 0 Å². The van der Waals surface area contributed by atoms with Gasteiger partial charge in [0.15, 0.2) is 0 Å². The lowest BCUT2D eigenvalue weighted by Crippen LogP contribution is -2.49. The van der Waals surface area contributed by atoms with Crippen molar-refractivity contribution in [1.82, 2.24) is 15.1 Å². The van der Waals surface area contributed by atoms with Gasteiger partial charge in [-0.1, -0.05) is 32.3 Å². The number of nitrogens with one attached hydrogen (secondary N) is 1. The quantitative estimate of drug-likeness (QED) is 0.818. The van der Waals surface area contributed by atoms with Gasteiger partial charge in [0.1, 0.15) is 12.1 Å². The van der Waals surface area contributed by atoms with Crippen LogP contribution in [0.4, 0.5) is 4.79 Å². The molecule has 1 aromatic heterocycles. The Morgan fingerprint density at radius 1 is 1.32 bits per heavy atom. The van der Waals surface area contributed by atoms with Gasteiger partial charge in [0.05, 0.1) is 6.04 Å². The zero-order chi connectivity index (χ0) is 18.0. The van der Waals surface area contributed by atoms with Crippen LogP contribution in [0.25, 0.3) is 0 Å². The minimum absolute atomic E-state index is 0.0818. The second-order valence-corrected chi connectivity index (χ2v) is 7.85. The highest BCUT2D eigenvalue weighted by Crippen LogP contribution is 2.39. The van der Waals surface area contributed by atoms with Crippen molar-refractivity contribution in [2.75, 3.05) is 13.6 Å². The van der Waals surface area contributed by atoms with E-state index >= 15 is 0 Å². The number of carbonyl (C=O) groups is 3. The number of amides is 4. The fraction of sp³-hybridized carbons (Fsp3) is 0.611. The molecule has 3 rings (SSSR count). The summed E-state index contributed by atoms with van der Waals surface area (Å²) in [7, 11) is 1.68. The van der Waals surface area contributed by atoms with Crippen LogP contribution in [0.1, 0.15) is 56.4 Å². The molecule has 1 unspecified atom stereocenters. The van der Waals surface area contributed by atoms with Crippen LogP contribution >= 0.6 is 11.3 Å². The lowest BCUT2D eigenvalue weighted by Gasteiger charge is -2.35. The van der Waals surface area contributed by atoms with E-state index in [9.17, 15) is 14.4 Å². The van der Waals surface area contributed by atoms with E-state index in [2.05, 4.69) is 5.32 Å². The molecule has 1 atom stereocenters. The summed E-state index contributed by atoms with van der Waals surface area (Å²) in [6.07, 6.45) is 5.13. The molecule has 2 heterocycles. The topological polar surface area (TPSA) is 69.7 Å². The number of rotatable bonds is 5. The normalized spacial score (nSPS) is 21.0. The first-order valence-electron chi connectivity index (χ1n) is 8.92. The summed E-state index contributed by atoms with van der Waals surface area (Å²) in [6.45, 7) is 1.80. The first-order valence-corrected chi connectivity index (χ1v) is 9.80. The van der Waals surface area contributed by atoms with Gasteiger partial charge in [0.25, 0.3) is 5.91 Å². The van der Waals surface area contributed by atoms with Gasteiger partial charge in [0.2, 0.25) is 5.91 Å². The average molecular weight is 363 g/mol. The van der Waals surface area contributed by atoms with Crippen molar-refractivity contribution in [3.8, 4) is 0 Å². The largest absolute Gasteiger partial charge is 0.347 e. The summed E-state index contributed by atoms with van der Waals surface area (Å²) in [4.78, 5) is 41.7. The molecule has 136 valence electrons. The van der Waals surface area contributed by atoms with Crippen molar-refractivity contribution in [2.24, 2.45) is 0 Å². The lowest BCUT2D eigenvalue weighted by molar-refractivity contribution is -0.137. The van der Waals surface area contributed by atoms with E-state index in [0.717, 1.165) is 35.5 Å². The molecule has 1 saturated heterocycles. The van der Waals surface area contributed by atoms with Gasteiger partial charge >= 0.3 is 6.03 Å². The van der Waals surface area contributed by atoms with Crippen molar-refractivity contribution in [3.63, 3.8) is 0 Å². The molecular formula is C18H25N3O3S. The zero-order valence-corrected chi connectivity index (χ0v) is 15.6. The Labute approximate surface area is 152 Å². The van der Waals surface area contributed by atoms with Crippen LogP contribution in [0.2, 0.25) is 0 Å². The third-order valence-corrected chi connectivity index (χ3v) is 6.40. The van der Waals surface area contributed by atoms with Crippen LogP contribution in [0.5, 0.6) is 0 Å². The summed E-state index contributed by atoms with van der Waals surface area (Å²) in [5, 5.41) is 4.92. The molecule has 2 aliphatic rings. The van der Waals surface area contributed by atoms with Crippen molar-refractivity contribution >= 4 is 29.2 Å². The molecular weight excluding hydrogens is 338 g/mol. The van der Waals surface area contributed by atoms with Crippen LogP contribution in [-0.2, 0) is 9.59 Å².